The first kappa shape index (κ1) is 38.4. The van der Waals surface area contributed by atoms with Crippen molar-refractivity contribution in [3.63, 3.8) is 0 Å². The topological polar surface area (TPSA) is 6.48 Å². The van der Waals surface area contributed by atoms with Crippen LogP contribution in [0.1, 0.15) is 168 Å². The standard InChI is InChI=1S/C61H74N2/c1-41-34-48(62(46-25-27-51-53(39-46)60(12,13)32-30-58(51,8)9)47-26-28-52-54(40-47)61(14,15)33-31-59(52,10)11)38-49(35-41)63(45-23-19-22-43(36-45)56(2,3)4)55-29-24-44(57(5,6)7)37-50(55)42-20-17-16-18-21-42/h16-29,34-40H,30-33H2,1-15H3/i16D,17D,18D,20D,21D. The third kappa shape index (κ3) is 8.52. The molecule has 8 rings (SSSR count). The Labute approximate surface area is 388 Å². The molecule has 0 atom stereocenters. The summed E-state index contributed by atoms with van der Waals surface area (Å²) in [5.41, 5.74) is 15.0. The van der Waals surface area contributed by atoms with Gasteiger partial charge in [-0.15, -0.1) is 0 Å². The Morgan fingerprint density at radius 1 is 0.444 bits per heavy atom. The Balaban J connectivity index is 1.46. The molecule has 2 heteroatoms. The molecule has 0 saturated carbocycles. The molecule has 6 aromatic carbocycles. The molecule has 6 aromatic rings. The lowest BCUT2D eigenvalue weighted by atomic mass is 9.63. The molecule has 0 heterocycles. The van der Waals surface area contributed by atoms with E-state index in [9.17, 15) is 2.74 Å². The maximum absolute atomic E-state index is 9.32. The fourth-order valence-corrected chi connectivity index (χ4v) is 10.2. The molecule has 2 nitrogen and oxygen atoms in total. The fourth-order valence-electron chi connectivity index (χ4n) is 10.2. The third-order valence-electron chi connectivity index (χ3n) is 14.6. The molecule has 0 aliphatic heterocycles. The second-order valence-electron chi connectivity index (χ2n) is 23.5. The number of benzene rings is 6. The van der Waals surface area contributed by atoms with Gasteiger partial charge in [0, 0.05) is 34.0 Å². The highest BCUT2D eigenvalue weighted by Gasteiger charge is 2.39. The molecular weight excluding hydrogens is 761 g/mol. The minimum Gasteiger partial charge on any atom is -0.310 e. The summed E-state index contributed by atoms with van der Waals surface area (Å²) < 4.78 is 44.8. The van der Waals surface area contributed by atoms with E-state index >= 15 is 0 Å². The molecular formula is C61H74N2. The van der Waals surface area contributed by atoms with Gasteiger partial charge in [0.25, 0.3) is 0 Å². The van der Waals surface area contributed by atoms with Crippen molar-refractivity contribution in [3.05, 3.63) is 166 Å². The van der Waals surface area contributed by atoms with E-state index in [0.717, 1.165) is 76.5 Å². The van der Waals surface area contributed by atoms with Crippen molar-refractivity contribution in [1.29, 1.82) is 0 Å². The molecule has 0 unspecified atom stereocenters. The SMILES string of the molecule is [2H]c1c([2H])c([2H])c(-c2cc(C(C)(C)C)ccc2N(c2cc(C)cc(N(c3ccc4c(c3)C(C)(C)CCC4(C)C)c3ccc4c(c3)C(C)(C)CCC4(C)C)c2)c2cccc(C(C)(C)C)c2)c([2H])c1[2H]. The van der Waals surface area contributed by atoms with Gasteiger partial charge in [0.1, 0.15) is 0 Å². The first-order valence-electron chi connectivity index (χ1n) is 25.8. The lowest BCUT2D eigenvalue weighted by Gasteiger charge is -2.43. The number of nitrogens with zero attached hydrogens (tertiary/aromatic N) is 2. The predicted octanol–water partition coefficient (Wildman–Crippen LogP) is 17.9. The molecule has 0 spiro atoms. The van der Waals surface area contributed by atoms with E-state index in [2.05, 4.69) is 205 Å². The predicted molar refractivity (Wildman–Crippen MR) is 274 cm³/mol. The van der Waals surface area contributed by atoms with Gasteiger partial charge < -0.3 is 9.80 Å². The summed E-state index contributed by atoms with van der Waals surface area (Å²) in [5.74, 6) is 0. The van der Waals surface area contributed by atoms with Gasteiger partial charge in [0.15, 0.2) is 0 Å². The molecule has 0 N–H and O–H groups in total. The molecule has 0 aromatic heterocycles. The van der Waals surface area contributed by atoms with Gasteiger partial charge in [-0.1, -0.05) is 157 Å². The second-order valence-corrected chi connectivity index (χ2v) is 23.5. The van der Waals surface area contributed by atoms with Crippen molar-refractivity contribution in [2.24, 2.45) is 0 Å². The normalized spacial score (nSPS) is 18.5. The second kappa shape index (κ2) is 15.6. The summed E-state index contributed by atoms with van der Waals surface area (Å²) in [6.07, 6.45) is 4.50. The zero-order valence-corrected chi connectivity index (χ0v) is 41.0. The van der Waals surface area contributed by atoms with Crippen LogP contribution >= 0.6 is 0 Å². The van der Waals surface area contributed by atoms with Gasteiger partial charge >= 0.3 is 0 Å². The largest absolute Gasteiger partial charge is 0.310 e. The molecule has 0 saturated heterocycles. The van der Waals surface area contributed by atoms with Crippen LogP contribution in [0.3, 0.4) is 0 Å². The lowest BCUT2D eigenvalue weighted by molar-refractivity contribution is 0.332. The number of aryl methyl sites for hydroxylation is 1. The summed E-state index contributed by atoms with van der Waals surface area (Å²) in [6, 6.07) is 34.5. The first-order valence-corrected chi connectivity index (χ1v) is 23.3. The average Bonchev–Trinajstić information content (AvgIpc) is 3.25. The zero-order chi connectivity index (χ0) is 49.8. The smallest absolute Gasteiger partial charge is 0.0629 e. The highest BCUT2D eigenvalue weighted by Crippen LogP contribution is 2.52. The summed E-state index contributed by atoms with van der Waals surface area (Å²) in [7, 11) is 0. The molecule has 0 radical (unpaired) electrons. The number of hydrogen-bond acceptors (Lipinski definition) is 2. The van der Waals surface area contributed by atoms with E-state index in [1.807, 2.05) is 6.07 Å². The summed E-state index contributed by atoms with van der Waals surface area (Å²) in [5, 5.41) is 0. The van der Waals surface area contributed by atoms with Crippen molar-refractivity contribution < 1.29 is 6.85 Å². The van der Waals surface area contributed by atoms with E-state index in [1.54, 1.807) is 0 Å². The van der Waals surface area contributed by atoms with Crippen LogP contribution in [-0.2, 0) is 32.5 Å². The number of hydrogen-bond donors (Lipinski definition) is 0. The highest BCUT2D eigenvalue weighted by atomic mass is 15.2. The minimum absolute atomic E-state index is 0.0000535. The summed E-state index contributed by atoms with van der Waals surface area (Å²) >= 11 is 0. The zero-order valence-electron chi connectivity index (χ0n) is 46.0. The Bertz CT molecular complexity index is 2850. The van der Waals surface area contributed by atoms with E-state index in [-0.39, 0.29) is 62.2 Å². The number of fused-ring (bicyclic) bond motifs is 2. The Kier molecular flexibility index (Phi) is 9.49. The van der Waals surface area contributed by atoms with E-state index in [0.29, 0.717) is 5.56 Å². The van der Waals surface area contributed by atoms with Crippen LogP contribution in [-0.4, -0.2) is 0 Å². The van der Waals surface area contributed by atoms with Crippen LogP contribution in [0.5, 0.6) is 0 Å². The van der Waals surface area contributed by atoms with Gasteiger partial charge in [0.2, 0.25) is 0 Å². The lowest BCUT2D eigenvalue weighted by Crippen LogP contribution is -2.34. The molecule has 0 amide bonds. The van der Waals surface area contributed by atoms with E-state index in [4.69, 9.17) is 4.11 Å². The molecule has 2 aliphatic carbocycles. The number of anilines is 6. The van der Waals surface area contributed by atoms with Crippen LogP contribution in [0.4, 0.5) is 34.1 Å². The van der Waals surface area contributed by atoms with Crippen molar-refractivity contribution in [3.8, 4) is 11.1 Å². The summed E-state index contributed by atoms with van der Waals surface area (Å²) in [6.45, 7) is 34.4. The van der Waals surface area contributed by atoms with Gasteiger partial charge in [-0.25, -0.2) is 0 Å². The van der Waals surface area contributed by atoms with Crippen LogP contribution in [0.2, 0.25) is 0 Å². The average molecular weight is 840 g/mol. The van der Waals surface area contributed by atoms with Gasteiger partial charge in [0.05, 0.1) is 12.5 Å². The maximum atomic E-state index is 9.32. The van der Waals surface area contributed by atoms with E-state index in [1.165, 1.54) is 22.3 Å². The van der Waals surface area contributed by atoms with Crippen LogP contribution in [0, 0.1) is 6.92 Å². The minimum atomic E-state index is -0.404. The quantitative estimate of drug-likeness (QED) is 0.158. The molecule has 0 fully saturated rings. The maximum Gasteiger partial charge on any atom is 0.0629 e. The van der Waals surface area contributed by atoms with Crippen LogP contribution < -0.4 is 9.80 Å². The monoisotopic (exact) mass is 840 g/mol. The fraction of sp³-hybridized carbons (Fsp3) is 0.410. The van der Waals surface area contributed by atoms with Gasteiger partial charge in [-0.2, -0.15) is 0 Å². The number of rotatable bonds is 7. The van der Waals surface area contributed by atoms with Crippen LogP contribution in [0.15, 0.2) is 127 Å². The highest BCUT2D eigenvalue weighted by molar-refractivity contribution is 5.91. The van der Waals surface area contributed by atoms with Crippen molar-refractivity contribution >= 4 is 34.1 Å². The summed E-state index contributed by atoms with van der Waals surface area (Å²) in [4.78, 5) is 4.69. The first-order chi connectivity index (χ1) is 31.4. The third-order valence-corrected chi connectivity index (χ3v) is 14.6. The van der Waals surface area contributed by atoms with E-state index < -0.39 is 6.04 Å². The van der Waals surface area contributed by atoms with Crippen LogP contribution in [0.25, 0.3) is 11.1 Å². The van der Waals surface area contributed by atoms with Crippen molar-refractivity contribution in [2.75, 3.05) is 9.80 Å². The Morgan fingerprint density at radius 3 is 1.41 bits per heavy atom. The van der Waals surface area contributed by atoms with Gasteiger partial charge in [-0.3, -0.25) is 0 Å². The Hall–Kier alpha value is -5.08. The van der Waals surface area contributed by atoms with Crippen molar-refractivity contribution in [1.82, 2.24) is 0 Å². The molecule has 2 aliphatic rings. The molecule has 0 bridgehead atoms. The molecule has 63 heavy (non-hydrogen) atoms. The van der Waals surface area contributed by atoms with Gasteiger partial charge in [-0.05, 0) is 176 Å². The van der Waals surface area contributed by atoms with Crippen molar-refractivity contribution in [2.45, 2.75) is 162 Å². The molecule has 328 valence electrons. The Morgan fingerprint density at radius 2 is 0.905 bits per heavy atom.